The van der Waals surface area contributed by atoms with Crippen LogP contribution in [0.4, 0.5) is 0 Å². The molecule has 0 aromatic carbocycles. The molecule has 94 valence electrons. The van der Waals surface area contributed by atoms with Crippen molar-refractivity contribution in [3.63, 3.8) is 0 Å². The minimum atomic E-state index is -0.120. The maximum absolute atomic E-state index is 11.2. The predicted molar refractivity (Wildman–Crippen MR) is 68.6 cm³/mol. The highest BCUT2D eigenvalue weighted by Crippen LogP contribution is 2.31. The highest BCUT2D eigenvalue weighted by molar-refractivity contribution is 5.59. The molecule has 1 unspecified atom stereocenters. The molecule has 0 bridgehead atoms. The monoisotopic (exact) mass is 225 g/mol. The van der Waals surface area contributed by atoms with Crippen molar-refractivity contribution in [1.82, 2.24) is 4.90 Å². The van der Waals surface area contributed by atoms with Gasteiger partial charge in [-0.3, -0.25) is 4.90 Å². The van der Waals surface area contributed by atoms with Gasteiger partial charge in [-0.15, -0.1) is 0 Å². The van der Waals surface area contributed by atoms with Crippen LogP contribution in [-0.4, -0.2) is 30.3 Å². The zero-order chi connectivity index (χ0) is 12.0. The molecular weight excluding hydrogens is 198 g/mol. The fraction of sp³-hybridized carbons (Fsp3) is 0.929. The Bertz CT molecular complexity index is 213. The summed E-state index contributed by atoms with van der Waals surface area (Å²) in [6, 6.07) is 0.780. The van der Waals surface area contributed by atoms with Crippen molar-refractivity contribution in [2.24, 2.45) is 5.41 Å². The summed E-state index contributed by atoms with van der Waals surface area (Å²) in [7, 11) is 0. The van der Waals surface area contributed by atoms with Crippen LogP contribution in [-0.2, 0) is 4.79 Å². The zero-order valence-corrected chi connectivity index (χ0v) is 11.2. The van der Waals surface area contributed by atoms with Gasteiger partial charge >= 0.3 is 0 Å². The molecular formula is C14H27NO. The van der Waals surface area contributed by atoms with Gasteiger partial charge in [-0.25, -0.2) is 0 Å². The number of carbonyl (C=O) groups is 1. The number of unbranched alkanes of at least 4 members (excludes halogenated alkanes) is 1. The van der Waals surface area contributed by atoms with Crippen molar-refractivity contribution in [3.05, 3.63) is 0 Å². The van der Waals surface area contributed by atoms with Crippen LogP contribution in [0.15, 0.2) is 0 Å². The normalized spacial score (nSPS) is 19.8. The van der Waals surface area contributed by atoms with E-state index in [4.69, 9.17) is 0 Å². The maximum atomic E-state index is 11.2. The molecule has 0 saturated heterocycles. The largest absolute Gasteiger partial charge is 0.303 e. The minimum Gasteiger partial charge on any atom is -0.303 e. The third kappa shape index (κ3) is 4.25. The topological polar surface area (TPSA) is 20.3 Å². The summed E-state index contributed by atoms with van der Waals surface area (Å²) in [5.74, 6) is 0. The van der Waals surface area contributed by atoms with Crippen molar-refractivity contribution in [2.75, 3.05) is 13.1 Å². The van der Waals surface area contributed by atoms with Gasteiger partial charge in [0.2, 0.25) is 0 Å². The van der Waals surface area contributed by atoms with E-state index in [0.717, 1.165) is 25.4 Å². The highest BCUT2D eigenvalue weighted by atomic mass is 16.1. The second-order valence-corrected chi connectivity index (χ2v) is 5.58. The lowest BCUT2D eigenvalue weighted by Gasteiger charge is -2.31. The Balaban J connectivity index is 2.47. The summed E-state index contributed by atoms with van der Waals surface area (Å²) >= 11 is 0. The molecule has 0 N–H and O–H groups in total. The third-order valence-electron chi connectivity index (χ3n) is 3.53. The second-order valence-electron chi connectivity index (χ2n) is 5.58. The number of hydrogen-bond donors (Lipinski definition) is 0. The summed E-state index contributed by atoms with van der Waals surface area (Å²) in [6.45, 7) is 8.65. The zero-order valence-electron chi connectivity index (χ0n) is 11.2. The summed E-state index contributed by atoms with van der Waals surface area (Å²) in [5, 5.41) is 0. The molecule has 0 aliphatic heterocycles. The van der Waals surface area contributed by atoms with E-state index in [1.807, 2.05) is 0 Å². The first-order valence-electron chi connectivity index (χ1n) is 6.85. The van der Waals surface area contributed by atoms with Gasteiger partial charge < -0.3 is 4.79 Å². The van der Waals surface area contributed by atoms with E-state index in [0.29, 0.717) is 0 Å². The molecule has 0 aromatic rings. The average Bonchev–Trinajstić information content (AvgIpc) is 3.08. The Labute approximate surface area is 100 Å². The van der Waals surface area contributed by atoms with E-state index in [-0.39, 0.29) is 5.41 Å². The summed E-state index contributed by atoms with van der Waals surface area (Å²) in [6.07, 6.45) is 8.48. The maximum Gasteiger partial charge on any atom is 0.127 e. The van der Waals surface area contributed by atoms with Crippen molar-refractivity contribution in [3.8, 4) is 0 Å². The highest BCUT2D eigenvalue weighted by Gasteiger charge is 2.34. The van der Waals surface area contributed by atoms with Gasteiger partial charge in [0.25, 0.3) is 0 Å². The predicted octanol–water partition coefficient (Wildman–Crippen LogP) is 3.26. The van der Waals surface area contributed by atoms with Crippen molar-refractivity contribution >= 4 is 6.29 Å². The van der Waals surface area contributed by atoms with Crippen molar-refractivity contribution in [1.29, 1.82) is 0 Å². The van der Waals surface area contributed by atoms with Gasteiger partial charge in [0.1, 0.15) is 6.29 Å². The summed E-state index contributed by atoms with van der Waals surface area (Å²) < 4.78 is 0. The van der Waals surface area contributed by atoms with Crippen LogP contribution >= 0.6 is 0 Å². The fourth-order valence-corrected chi connectivity index (χ4v) is 2.40. The van der Waals surface area contributed by atoms with E-state index in [1.165, 1.54) is 38.5 Å². The first-order chi connectivity index (χ1) is 7.65. The van der Waals surface area contributed by atoms with Gasteiger partial charge in [0.15, 0.2) is 0 Å². The molecule has 0 radical (unpaired) electrons. The first kappa shape index (κ1) is 13.7. The van der Waals surface area contributed by atoms with Crippen LogP contribution in [0.2, 0.25) is 0 Å². The van der Waals surface area contributed by atoms with Crippen LogP contribution in [0.3, 0.4) is 0 Å². The van der Waals surface area contributed by atoms with Gasteiger partial charge in [0.05, 0.1) is 0 Å². The minimum absolute atomic E-state index is 0.120. The lowest BCUT2D eigenvalue weighted by molar-refractivity contribution is -0.116. The smallest absolute Gasteiger partial charge is 0.127 e. The van der Waals surface area contributed by atoms with E-state index < -0.39 is 0 Å². The number of hydrogen-bond acceptors (Lipinski definition) is 2. The van der Waals surface area contributed by atoms with Crippen LogP contribution in [0.5, 0.6) is 0 Å². The summed E-state index contributed by atoms with van der Waals surface area (Å²) in [4.78, 5) is 13.8. The van der Waals surface area contributed by atoms with Gasteiger partial charge in [0, 0.05) is 18.0 Å². The Morgan fingerprint density at radius 3 is 2.44 bits per heavy atom. The van der Waals surface area contributed by atoms with Crippen LogP contribution < -0.4 is 0 Å². The van der Waals surface area contributed by atoms with E-state index in [2.05, 4.69) is 25.7 Å². The van der Waals surface area contributed by atoms with Crippen LogP contribution in [0.1, 0.15) is 59.3 Å². The molecule has 1 aliphatic carbocycles. The molecule has 16 heavy (non-hydrogen) atoms. The molecule has 1 rings (SSSR count). The molecule has 0 spiro atoms. The van der Waals surface area contributed by atoms with Crippen LogP contribution in [0, 0.1) is 5.41 Å². The molecule has 1 aliphatic rings. The number of rotatable bonds is 9. The molecule has 0 amide bonds. The van der Waals surface area contributed by atoms with Gasteiger partial charge in [-0.1, -0.05) is 33.6 Å². The molecule has 0 aromatic heterocycles. The summed E-state index contributed by atoms with van der Waals surface area (Å²) in [5.41, 5.74) is -0.120. The lowest BCUT2D eigenvalue weighted by Crippen LogP contribution is -2.39. The van der Waals surface area contributed by atoms with E-state index in [1.54, 1.807) is 0 Å². The Morgan fingerprint density at radius 1 is 1.31 bits per heavy atom. The number of aldehydes is 1. The van der Waals surface area contributed by atoms with Crippen molar-refractivity contribution in [2.45, 2.75) is 65.3 Å². The molecule has 2 heteroatoms. The quantitative estimate of drug-likeness (QED) is 0.561. The lowest BCUT2D eigenvalue weighted by atomic mass is 9.86. The molecule has 0 heterocycles. The Kier molecular flexibility index (Phi) is 5.47. The Hall–Kier alpha value is -0.370. The second kappa shape index (κ2) is 6.39. The van der Waals surface area contributed by atoms with Crippen LogP contribution in [0.25, 0.3) is 0 Å². The molecule has 2 nitrogen and oxygen atoms in total. The number of nitrogens with zero attached hydrogens (tertiary/aromatic N) is 1. The van der Waals surface area contributed by atoms with E-state index >= 15 is 0 Å². The third-order valence-corrected chi connectivity index (χ3v) is 3.53. The SMILES string of the molecule is CCCCN(CC(C)(C=O)CCC)C1CC1. The van der Waals surface area contributed by atoms with Gasteiger partial charge in [-0.2, -0.15) is 0 Å². The standard InChI is InChI=1S/C14H27NO/c1-4-6-10-15(13-7-8-13)11-14(3,12-16)9-5-2/h12-13H,4-11H2,1-3H3. The van der Waals surface area contributed by atoms with Crippen molar-refractivity contribution < 1.29 is 4.79 Å². The van der Waals surface area contributed by atoms with E-state index in [9.17, 15) is 4.79 Å². The average molecular weight is 225 g/mol. The number of carbonyl (C=O) groups excluding carboxylic acids is 1. The first-order valence-corrected chi connectivity index (χ1v) is 6.85. The molecule has 1 atom stereocenters. The molecule has 1 saturated carbocycles. The fourth-order valence-electron chi connectivity index (χ4n) is 2.40. The Morgan fingerprint density at radius 2 is 2.00 bits per heavy atom. The molecule has 1 fully saturated rings. The van der Waals surface area contributed by atoms with Gasteiger partial charge in [-0.05, 0) is 32.2 Å².